The van der Waals surface area contributed by atoms with Crippen molar-refractivity contribution in [3.8, 4) is 0 Å². The fourth-order valence-corrected chi connectivity index (χ4v) is 3.09. The summed E-state index contributed by atoms with van der Waals surface area (Å²) < 4.78 is 5.81. The molecule has 110 valence electrons. The molecule has 1 aromatic carbocycles. The predicted molar refractivity (Wildman–Crippen MR) is 76.3 cm³/mol. The van der Waals surface area contributed by atoms with E-state index in [1.807, 2.05) is 19.1 Å². The van der Waals surface area contributed by atoms with Crippen LogP contribution in [-0.2, 0) is 14.9 Å². The van der Waals surface area contributed by atoms with E-state index in [0.717, 1.165) is 18.4 Å². The molecule has 0 saturated carbocycles. The van der Waals surface area contributed by atoms with Gasteiger partial charge in [0.15, 0.2) is 0 Å². The summed E-state index contributed by atoms with van der Waals surface area (Å²) in [6.45, 7) is 6.89. The second-order valence-corrected chi connectivity index (χ2v) is 6.30. The number of benzene rings is 1. The van der Waals surface area contributed by atoms with Crippen LogP contribution in [0, 0.1) is 12.8 Å². The summed E-state index contributed by atoms with van der Waals surface area (Å²) in [5.74, 6) is -0.586. The summed E-state index contributed by atoms with van der Waals surface area (Å²) in [7, 11) is 0. The standard InChI is InChI=1S/C17H24O3/c1-12(2)15-10-17(8-9-20-15,11-16(18)19)14-6-4-13(3)5-7-14/h4-7,12,15H,8-11H2,1-3H3,(H,18,19)/p-1/t15-,17+/m1/s1. The molecule has 20 heavy (non-hydrogen) atoms. The van der Waals surface area contributed by atoms with Crippen LogP contribution in [0.5, 0.6) is 0 Å². The molecule has 0 aliphatic carbocycles. The molecular weight excluding hydrogens is 252 g/mol. The van der Waals surface area contributed by atoms with Crippen LogP contribution >= 0.6 is 0 Å². The monoisotopic (exact) mass is 275 g/mol. The number of ether oxygens (including phenoxy) is 1. The Balaban J connectivity index is 2.34. The molecule has 0 N–H and O–H groups in total. The first-order chi connectivity index (χ1) is 9.43. The summed E-state index contributed by atoms with van der Waals surface area (Å²) in [6.07, 6.45) is 1.68. The Morgan fingerprint density at radius 3 is 2.60 bits per heavy atom. The van der Waals surface area contributed by atoms with Gasteiger partial charge in [-0.2, -0.15) is 0 Å². The van der Waals surface area contributed by atoms with Gasteiger partial charge in [0.25, 0.3) is 0 Å². The Hall–Kier alpha value is -1.35. The van der Waals surface area contributed by atoms with E-state index in [2.05, 4.69) is 26.0 Å². The van der Waals surface area contributed by atoms with Crippen LogP contribution in [0.1, 0.15) is 44.2 Å². The average molecular weight is 275 g/mol. The Bertz CT molecular complexity index is 464. The first-order valence-corrected chi connectivity index (χ1v) is 7.31. The predicted octanol–water partition coefficient (Wildman–Crippen LogP) is 2.21. The summed E-state index contributed by atoms with van der Waals surface area (Å²) in [5, 5.41) is 11.2. The fraction of sp³-hybridized carbons (Fsp3) is 0.588. The number of aliphatic carboxylic acids is 1. The first kappa shape index (κ1) is 15.0. The topological polar surface area (TPSA) is 49.4 Å². The lowest BCUT2D eigenvalue weighted by Crippen LogP contribution is -2.44. The molecule has 3 heteroatoms. The number of carbonyl (C=O) groups is 1. The third-order valence-corrected chi connectivity index (χ3v) is 4.39. The molecule has 0 unspecified atom stereocenters. The molecule has 1 fully saturated rings. The third kappa shape index (κ3) is 3.21. The molecule has 0 radical (unpaired) electrons. The van der Waals surface area contributed by atoms with E-state index in [1.165, 1.54) is 5.56 Å². The van der Waals surface area contributed by atoms with E-state index in [9.17, 15) is 9.90 Å². The second kappa shape index (κ2) is 5.96. The smallest absolute Gasteiger partial charge is 0.0606 e. The lowest BCUT2D eigenvalue weighted by atomic mass is 9.68. The van der Waals surface area contributed by atoms with Gasteiger partial charge in [-0.25, -0.2) is 0 Å². The van der Waals surface area contributed by atoms with E-state index < -0.39 is 5.97 Å². The van der Waals surface area contributed by atoms with Crippen LogP contribution in [0.25, 0.3) is 0 Å². The van der Waals surface area contributed by atoms with Crippen molar-refractivity contribution in [2.45, 2.75) is 51.6 Å². The van der Waals surface area contributed by atoms with Gasteiger partial charge in [-0.15, -0.1) is 0 Å². The summed E-state index contributed by atoms with van der Waals surface area (Å²) in [4.78, 5) is 11.2. The highest BCUT2D eigenvalue weighted by Gasteiger charge is 2.39. The Labute approximate surface area is 121 Å². The van der Waals surface area contributed by atoms with Gasteiger partial charge in [0.1, 0.15) is 0 Å². The van der Waals surface area contributed by atoms with Crippen molar-refractivity contribution >= 4 is 5.97 Å². The van der Waals surface area contributed by atoms with Crippen molar-refractivity contribution in [3.63, 3.8) is 0 Å². The minimum absolute atomic E-state index is 0.0721. The molecule has 2 rings (SSSR count). The van der Waals surface area contributed by atoms with Crippen molar-refractivity contribution < 1.29 is 14.6 Å². The minimum Gasteiger partial charge on any atom is -0.550 e. The molecule has 1 saturated heterocycles. The van der Waals surface area contributed by atoms with Gasteiger partial charge in [-0.3, -0.25) is 0 Å². The van der Waals surface area contributed by atoms with E-state index >= 15 is 0 Å². The highest BCUT2D eigenvalue weighted by molar-refractivity contribution is 5.67. The van der Waals surface area contributed by atoms with Gasteiger partial charge < -0.3 is 14.6 Å². The molecular formula is C17H23O3-. The quantitative estimate of drug-likeness (QED) is 0.846. The van der Waals surface area contributed by atoms with Crippen molar-refractivity contribution in [1.82, 2.24) is 0 Å². The molecule has 0 bridgehead atoms. The van der Waals surface area contributed by atoms with Gasteiger partial charge in [-0.05, 0) is 37.7 Å². The van der Waals surface area contributed by atoms with Crippen LogP contribution in [0.3, 0.4) is 0 Å². The number of hydrogen-bond acceptors (Lipinski definition) is 3. The average Bonchev–Trinajstić information content (AvgIpc) is 2.38. The molecule has 1 heterocycles. The van der Waals surface area contributed by atoms with Crippen LogP contribution in [0.4, 0.5) is 0 Å². The molecule has 1 aliphatic rings. The molecule has 0 spiro atoms. The van der Waals surface area contributed by atoms with Crippen molar-refractivity contribution in [3.05, 3.63) is 35.4 Å². The van der Waals surface area contributed by atoms with Crippen LogP contribution < -0.4 is 5.11 Å². The molecule has 1 aliphatic heterocycles. The Morgan fingerprint density at radius 1 is 1.40 bits per heavy atom. The number of carbonyl (C=O) groups excluding carboxylic acids is 1. The van der Waals surface area contributed by atoms with Gasteiger partial charge in [0, 0.05) is 18.0 Å². The maximum absolute atomic E-state index is 11.2. The third-order valence-electron chi connectivity index (χ3n) is 4.39. The van der Waals surface area contributed by atoms with Gasteiger partial charge in [0.05, 0.1) is 6.10 Å². The summed E-state index contributed by atoms with van der Waals surface area (Å²) >= 11 is 0. The maximum Gasteiger partial charge on any atom is 0.0606 e. The van der Waals surface area contributed by atoms with E-state index in [4.69, 9.17) is 4.74 Å². The fourth-order valence-electron chi connectivity index (χ4n) is 3.09. The number of rotatable bonds is 4. The number of carboxylic acids is 1. The number of aryl methyl sites for hydroxylation is 1. The van der Waals surface area contributed by atoms with Crippen LogP contribution in [-0.4, -0.2) is 18.7 Å². The first-order valence-electron chi connectivity index (χ1n) is 7.31. The minimum atomic E-state index is -0.977. The summed E-state index contributed by atoms with van der Waals surface area (Å²) in [6, 6.07) is 8.21. The Morgan fingerprint density at radius 2 is 2.05 bits per heavy atom. The Kier molecular flexibility index (Phi) is 4.48. The molecule has 0 aromatic heterocycles. The summed E-state index contributed by atoms with van der Waals surface area (Å²) in [5.41, 5.74) is 1.94. The zero-order chi connectivity index (χ0) is 14.8. The number of hydrogen-bond donors (Lipinski definition) is 0. The largest absolute Gasteiger partial charge is 0.550 e. The highest BCUT2D eigenvalue weighted by Crippen LogP contribution is 2.41. The highest BCUT2D eigenvalue weighted by atomic mass is 16.5. The molecule has 0 amide bonds. The molecule has 3 nitrogen and oxygen atoms in total. The molecule has 2 atom stereocenters. The van der Waals surface area contributed by atoms with E-state index in [-0.39, 0.29) is 17.9 Å². The molecule has 1 aromatic rings. The van der Waals surface area contributed by atoms with Gasteiger partial charge in [0.2, 0.25) is 0 Å². The van der Waals surface area contributed by atoms with Crippen molar-refractivity contribution in [2.75, 3.05) is 6.61 Å². The maximum atomic E-state index is 11.2. The van der Waals surface area contributed by atoms with Crippen LogP contribution in [0.2, 0.25) is 0 Å². The second-order valence-electron chi connectivity index (χ2n) is 6.30. The zero-order valence-corrected chi connectivity index (χ0v) is 12.5. The van der Waals surface area contributed by atoms with E-state index in [1.54, 1.807) is 0 Å². The normalized spacial score (nSPS) is 26.7. The van der Waals surface area contributed by atoms with E-state index in [0.29, 0.717) is 12.5 Å². The van der Waals surface area contributed by atoms with Crippen molar-refractivity contribution in [2.24, 2.45) is 5.92 Å². The van der Waals surface area contributed by atoms with Gasteiger partial charge >= 0.3 is 0 Å². The zero-order valence-electron chi connectivity index (χ0n) is 12.5. The van der Waals surface area contributed by atoms with Crippen LogP contribution in [0.15, 0.2) is 24.3 Å². The lowest BCUT2D eigenvalue weighted by Gasteiger charge is -2.43. The SMILES string of the molecule is Cc1ccc([C@@]2(CC(=O)[O-])CCO[C@@H](C(C)C)C2)cc1. The van der Waals surface area contributed by atoms with Crippen molar-refractivity contribution in [1.29, 1.82) is 0 Å². The van der Waals surface area contributed by atoms with Gasteiger partial charge in [-0.1, -0.05) is 43.7 Å². The lowest BCUT2D eigenvalue weighted by molar-refractivity contribution is -0.307. The number of carboxylic acid groups (broad SMARTS) is 1.